The minimum Gasteiger partial charge on any atom is -0.352 e. The maximum Gasteiger partial charge on any atom is 0.252 e. The smallest absolute Gasteiger partial charge is 0.252 e. The fourth-order valence-corrected chi connectivity index (χ4v) is 1.61. The first-order valence-corrected chi connectivity index (χ1v) is 6.60. The molecule has 20 heavy (non-hydrogen) atoms. The van der Waals surface area contributed by atoms with E-state index in [4.69, 9.17) is 5.73 Å². The van der Waals surface area contributed by atoms with Crippen LogP contribution in [-0.4, -0.2) is 19.0 Å². The van der Waals surface area contributed by atoms with Gasteiger partial charge in [0, 0.05) is 12.1 Å². The van der Waals surface area contributed by atoms with Gasteiger partial charge >= 0.3 is 0 Å². The molecule has 1 amide bonds. The number of halogens is 1. The molecule has 0 aromatic heterocycles. The molecule has 0 spiro atoms. The van der Waals surface area contributed by atoms with Crippen molar-refractivity contribution in [1.29, 1.82) is 0 Å². The summed E-state index contributed by atoms with van der Waals surface area (Å²) in [7, 11) is 0. The van der Waals surface area contributed by atoms with Crippen LogP contribution in [0.5, 0.6) is 0 Å². The Morgan fingerprint density at radius 2 is 2.10 bits per heavy atom. The van der Waals surface area contributed by atoms with Crippen LogP contribution in [-0.2, 0) is 0 Å². The van der Waals surface area contributed by atoms with Gasteiger partial charge in [0.05, 0.1) is 12.1 Å². The molecule has 0 aliphatic rings. The van der Waals surface area contributed by atoms with Crippen LogP contribution in [0.15, 0.2) is 18.2 Å². The molecule has 4 heteroatoms. The molecule has 0 fully saturated rings. The van der Waals surface area contributed by atoms with Crippen LogP contribution >= 0.6 is 0 Å². The molecule has 0 radical (unpaired) electrons. The van der Waals surface area contributed by atoms with Crippen LogP contribution < -0.4 is 11.1 Å². The van der Waals surface area contributed by atoms with Gasteiger partial charge in [0.1, 0.15) is 5.82 Å². The number of benzene rings is 1. The Kier molecular flexibility index (Phi) is 5.72. The highest BCUT2D eigenvalue weighted by molar-refractivity contribution is 5.96. The fourth-order valence-electron chi connectivity index (χ4n) is 1.61. The van der Waals surface area contributed by atoms with E-state index in [1.807, 2.05) is 0 Å². The van der Waals surface area contributed by atoms with Crippen molar-refractivity contribution in [1.82, 2.24) is 5.32 Å². The Hall–Kier alpha value is -1.86. The monoisotopic (exact) mass is 276 g/mol. The molecule has 3 N–H and O–H groups in total. The molecule has 1 aromatic rings. The van der Waals surface area contributed by atoms with E-state index in [1.165, 1.54) is 18.2 Å². The molecule has 108 valence electrons. The Balaban J connectivity index is 2.82. The normalized spacial score (nSPS) is 10.7. The van der Waals surface area contributed by atoms with Crippen LogP contribution in [0.2, 0.25) is 0 Å². The molecule has 0 unspecified atom stereocenters. The van der Waals surface area contributed by atoms with Gasteiger partial charge < -0.3 is 11.1 Å². The van der Waals surface area contributed by atoms with E-state index in [1.54, 1.807) is 0 Å². The largest absolute Gasteiger partial charge is 0.352 e. The number of hydrogen-bond donors (Lipinski definition) is 2. The minimum absolute atomic E-state index is 0.151. The van der Waals surface area contributed by atoms with Gasteiger partial charge in [0.15, 0.2) is 0 Å². The lowest BCUT2D eigenvalue weighted by atomic mass is 9.92. The van der Waals surface area contributed by atoms with Crippen LogP contribution in [0, 0.1) is 23.1 Å². The Bertz CT molecular complexity index is 536. The number of carbonyl (C=O) groups excluding carboxylic acids is 1. The van der Waals surface area contributed by atoms with Gasteiger partial charge in [0.2, 0.25) is 0 Å². The molecular weight excluding hydrogens is 255 g/mol. The summed E-state index contributed by atoms with van der Waals surface area (Å²) < 4.78 is 13.2. The molecule has 1 rings (SSSR count). The average Bonchev–Trinajstić information content (AvgIpc) is 2.34. The summed E-state index contributed by atoms with van der Waals surface area (Å²) in [6.07, 6.45) is 0.865. The number of nitrogens with one attached hydrogen (secondary N) is 1. The number of carbonyl (C=O) groups is 1. The van der Waals surface area contributed by atoms with Gasteiger partial charge in [-0.1, -0.05) is 32.6 Å². The topological polar surface area (TPSA) is 55.1 Å². The van der Waals surface area contributed by atoms with Crippen molar-refractivity contribution < 1.29 is 9.18 Å². The first-order chi connectivity index (χ1) is 9.33. The fraction of sp³-hybridized carbons (Fsp3) is 0.438. The van der Waals surface area contributed by atoms with E-state index >= 15 is 0 Å². The summed E-state index contributed by atoms with van der Waals surface area (Å²) in [5.41, 5.74) is 6.19. The van der Waals surface area contributed by atoms with Gasteiger partial charge in [-0.05, 0) is 30.0 Å². The van der Waals surface area contributed by atoms with E-state index in [-0.39, 0.29) is 17.9 Å². The van der Waals surface area contributed by atoms with Crippen LogP contribution in [0.3, 0.4) is 0 Å². The zero-order chi connectivity index (χ0) is 15.2. The molecule has 0 saturated heterocycles. The molecule has 0 saturated carbocycles. The standard InChI is InChI=1S/C16H21FN2O/c1-16(2,3)8-10-19-15(20)14-7-6-13(17)11-12(14)5-4-9-18/h6-7,11H,8-10,18H2,1-3H3,(H,19,20). The van der Waals surface area contributed by atoms with E-state index in [0.717, 1.165) is 6.42 Å². The Morgan fingerprint density at radius 3 is 2.70 bits per heavy atom. The van der Waals surface area contributed by atoms with E-state index < -0.39 is 5.82 Å². The molecular formula is C16H21FN2O. The van der Waals surface area contributed by atoms with Gasteiger partial charge in [-0.2, -0.15) is 0 Å². The first kappa shape index (κ1) is 16.2. The predicted molar refractivity (Wildman–Crippen MR) is 78.7 cm³/mol. The summed E-state index contributed by atoms with van der Waals surface area (Å²) in [4.78, 5) is 12.1. The molecule has 0 bridgehead atoms. The van der Waals surface area contributed by atoms with Gasteiger partial charge in [0.25, 0.3) is 5.91 Å². The van der Waals surface area contributed by atoms with Crippen molar-refractivity contribution in [2.75, 3.05) is 13.1 Å². The Labute approximate surface area is 119 Å². The summed E-state index contributed by atoms with van der Waals surface area (Å²) in [6, 6.07) is 3.95. The third-order valence-electron chi connectivity index (χ3n) is 2.71. The minimum atomic E-state index is -0.419. The van der Waals surface area contributed by atoms with Crippen molar-refractivity contribution in [2.45, 2.75) is 27.2 Å². The number of nitrogens with two attached hydrogens (primary N) is 1. The maximum absolute atomic E-state index is 13.2. The van der Waals surface area contributed by atoms with E-state index in [0.29, 0.717) is 17.7 Å². The number of amides is 1. The number of hydrogen-bond acceptors (Lipinski definition) is 2. The van der Waals surface area contributed by atoms with Crippen molar-refractivity contribution in [3.05, 3.63) is 35.1 Å². The highest BCUT2D eigenvalue weighted by Crippen LogP contribution is 2.17. The van der Waals surface area contributed by atoms with Crippen molar-refractivity contribution >= 4 is 5.91 Å². The van der Waals surface area contributed by atoms with Crippen molar-refractivity contribution in [3.63, 3.8) is 0 Å². The SMILES string of the molecule is CC(C)(C)CCNC(=O)c1ccc(F)cc1C#CCN. The molecule has 0 aliphatic heterocycles. The second kappa shape index (κ2) is 7.06. The molecule has 1 aromatic carbocycles. The van der Waals surface area contributed by atoms with E-state index in [9.17, 15) is 9.18 Å². The lowest BCUT2D eigenvalue weighted by Crippen LogP contribution is -2.27. The summed E-state index contributed by atoms with van der Waals surface area (Å²) in [5.74, 6) is 4.70. The van der Waals surface area contributed by atoms with Gasteiger partial charge in [-0.3, -0.25) is 4.79 Å². The molecule has 0 atom stereocenters. The van der Waals surface area contributed by atoms with Crippen LogP contribution in [0.4, 0.5) is 4.39 Å². The first-order valence-electron chi connectivity index (χ1n) is 6.60. The van der Waals surface area contributed by atoms with E-state index in [2.05, 4.69) is 37.9 Å². The van der Waals surface area contributed by atoms with Gasteiger partial charge in [-0.15, -0.1) is 0 Å². The highest BCUT2D eigenvalue weighted by Gasteiger charge is 2.13. The van der Waals surface area contributed by atoms with Crippen LogP contribution in [0.1, 0.15) is 43.1 Å². The third-order valence-corrected chi connectivity index (χ3v) is 2.71. The van der Waals surface area contributed by atoms with Crippen LogP contribution in [0.25, 0.3) is 0 Å². The van der Waals surface area contributed by atoms with Crippen molar-refractivity contribution in [2.24, 2.45) is 11.1 Å². The third kappa shape index (κ3) is 5.41. The zero-order valence-electron chi connectivity index (χ0n) is 12.2. The quantitative estimate of drug-likeness (QED) is 0.832. The molecule has 0 heterocycles. The predicted octanol–water partition coefficient (Wildman–Crippen LogP) is 2.30. The highest BCUT2D eigenvalue weighted by atomic mass is 19.1. The average molecular weight is 276 g/mol. The lowest BCUT2D eigenvalue weighted by molar-refractivity contribution is 0.0949. The second-order valence-electron chi connectivity index (χ2n) is 5.76. The maximum atomic E-state index is 13.2. The van der Waals surface area contributed by atoms with Gasteiger partial charge in [-0.25, -0.2) is 4.39 Å². The Morgan fingerprint density at radius 1 is 1.40 bits per heavy atom. The molecule has 3 nitrogen and oxygen atoms in total. The van der Waals surface area contributed by atoms with Crippen molar-refractivity contribution in [3.8, 4) is 11.8 Å². The summed E-state index contributed by atoms with van der Waals surface area (Å²) in [5, 5.41) is 2.83. The zero-order valence-corrected chi connectivity index (χ0v) is 12.2. The number of rotatable bonds is 3. The second-order valence-corrected chi connectivity index (χ2v) is 5.76. The summed E-state index contributed by atoms with van der Waals surface area (Å²) in [6.45, 7) is 7.06. The lowest BCUT2D eigenvalue weighted by Gasteiger charge is -2.18. The molecule has 0 aliphatic carbocycles. The summed E-state index contributed by atoms with van der Waals surface area (Å²) >= 11 is 0.